The Morgan fingerprint density at radius 1 is 1.21 bits per heavy atom. The molecule has 1 aliphatic heterocycles. The van der Waals surface area contributed by atoms with Crippen LogP contribution in [-0.2, 0) is 0 Å². The predicted octanol–water partition coefficient (Wildman–Crippen LogP) is 3.63. The maximum absolute atomic E-state index is 12.6. The third-order valence-electron chi connectivity index (χ3n) is 5.08. The number of carbonyl (C=O) groups is 1. The van der Waals surface area contributed by atoms with Crippen LogP contribution >= 0.6 is 11.3 Å². The van der Waals surface area contributed by atoms with Crippen LogP contribution in [0.2, 0.25) is 0 Å². The maximum Gasteiger partial charge on any atom is 0.291 e. The molecular formula is C21H24N4O2S. The second-order valence-electron chi connectivity index (χ2n) is 7.10. The lowest BCUT2D eigenvalue weighted by Crippen LogP contribution is -2.46. The number of amides is 1. The average molecular weight is 397 g/mol. The molecule has 1 saturated heterocycles. The SMILES string of the molecule is Cc1cc(C(c2ccncc2)N2CCN(C)CC2)c(NC(=O)c2ccco2)s1. The van der Waals surface area contributed by atoms with Gasteiger partial charge >= 0.3 is 0 Å². The molecule has 1 aliphatic rings. The number of anilines is 1. The van der Waals surface area contributed by atoms with Gasteiger partial charge < -0.3 is 14.6 Å². The van der Waals surface area contributed by atoms with Crippen LogP contribution < -0.4 is 5.32 Å². The predicted molar refractivity (Wildman–Crippen MR) is 111 cm³/mol. The van der Waals surface area contributed by atoms with E-state index in [1.54, 1.807) is 23.5 Å². The first-order valence-electron chi connectivity index (χ1n) is 9.39. The summed E-state index contributed by atoms with van der Waals surface area (Å²) in [5.74, 6) is 0.0945. The largest absolute Gasteiger partial charge is 0.459 e. The number of pyridine rings is 1. The van der Waals surface area contributed by atoms with E-state index < -0.39 is 0 Å². The minimum atomic E-state index is -0.222. The normalized spacial score (nSPS) is 16.8. The molecule has 1 unspecified atom stereocenters. The van der Waals surface area contributed by atoms with Gasteiger partial charge in [-0.15, -0.1) is 11.3 Å². The van der Waals surface area contributed by atoms with Crippen molar-refractivity contribution in [2.45, 2.75) is 13.0 Å². The number of rotatable bonds is 5. The van der Waals surface area contributed by atoms with Gasteiger partial charge in [0.15, 0.2) is 5.76 Å². The highest BCUT2D eigenvalue weighted by molar-refractivity contribution is 7.16. The Labute approximate surface area is 168 Å². The molecule has 1 fully saturated rings. The van der Waals surface area contributed by atoms with Gasteiger partial charge in [0.2, 0.25) is 0 Å². The van der Waals surface area contributed by atoms with Crippen molar-refractivity contribution < 1.29 is 9.21 Å². The topological polar surface area (TPSA) is 61.6 Å². The number of hydrogen-bond acceptors (Lipinski definition) is 6. The van der Waals surface area contributed by atoms with Crippen LogP contribution in [-0.4, -0.2) is 53.9 Å². The summed E-state index contributed by atoms with van der Waals surface area (Å²) >= 11 is 1.60. The number of piperazine rings is 1. The first-order chi connectivity index (χ1) is 13.6. The van der Waals surface area contributed by atoms with E-state index in [0.29, 0.717) is 5.76 Å². The fraction of sp³-hybridized carbons (Fsp3) is 0.333. The highest BCUT2D eigenvalue weighted by Gasteiger charge is 2.29. The van der Waals surface area contributed by atoms with Gasteiger partial charge in [-0.2, -0.15) is 0 Å². The summed E-state index contributed by atoms with van der Waals surface area (Å²) in [6.45, 7) is 6.08. The second kappa shape index (κ2) is 8.26. The summed E-state index contributed by atoms with van der Waals surface area (Å²) in [6, 6.07) is 9.79. The Morgan fingerprint density at radius 3 is 2.64 bits per heavy atom. The van der Waals surface area contributed by atoms with Crippen LogP contribution in [0.15, 0.2) is 53.4 Å². The Hall–Kier alpha value is -2.48. The lowest BCUT2D eigenvalue weighted by Gasteiger charge is -2.38. The van der Waals surface area contributed by atoms with Crippen molar-refractivity contribution in [2.24, 2.45) is 0 Å². The van der Waals surface area contributed by atoms with Crippen LogP contribution in [0.4, 0.5) is 5.00 Å². The minimum absolute atomic E-state index is 0.0774. The molecule has 28 heavy (non-hydrogen) atoms. The molecule has 1 N–H and O–H groups in total. The third kappa shape index (κ3) is 4.01. The highest BCUT2D eigenvalue weighted by atomic mass is 32.1. The Balaban J connectivity index is 1.69. The molecule has 4 heterocycles. The number of hydrogen-bond donors (Lipinski definition) is 1. The summed E-state index contributed by atoms with van der Waals surface area (Å²) in [5, 5.41) is 3.94. The molecule has 146 valence electrons. The zero-order valence-electron chi connectivity index (χ0n) is 16.1. The minimum Gasteiger partial charge on any atom is -0.459 e. The van der Waals surface area contributed by atoms with E-state index in [9.17, 15) is 4.79 Å². The van der Waals surface area contributed by atoms with Crippen molar-refractivity contribution in [2.75, 3.05) is 38.5 Å². The van der Waals surface area contributed by atoms with Crippen molar-refractivity contribution in [3.05, 3.63) is 70.8 Å². The van der Waals surface area contributed by atoms with E-state index in [1.807, 2.05) is 12.4 Å². The summed E-state index contributed by atoms with van der Waals surface area (Å²) in [7, 11) is 2.16. The van der Waals surface area contributed by atoms with Gasteiger partial charge in [-0.05, 0) is 49.9 Å². The van der Waals surface area contributed by atoms with Crippen LogP contribution in [0, 0.1) is 6.92 Å². The van der Waals surface area contributed by atoms with Crippen molar-refractivity contribution in [1.29, 1.82) is 0 Å². The quantitative estimate of drug-likeness (QED) is 0.714. The van der Waals surface area contributed by atoms with Gasteiger partial charge in [-0.25, -0.2) is 0 Å². The van der Waals surface area contributed by atoms with Crippen molar-refractivity contribution >= 4 is 22.2 Å². The monoisotopic (exact) mass is 396 g/mol. The molecule has 0 aromatic carbocycles. The van der Waals surface area contributed by atoms with E-state index in [0.717, 1.165) is 41.6 Å². The van der Waals surface area contributed by atoms with E-state index in [1.165, 1.54) is 11.8 Å². The van der Waals surface area contributed by atoms with Crippen molar-refractivity contribution in [3.8, 4) is 0 Å². The number of likely N-dealkylation sites (N-methyl/N-ethyl adjacent to an activating group) is 1. The first-order valence-corrected chi connectivity index (χ1v) is 10.2. The van der Waals surface area contributed by atoms with E-state index in [-0.39, 0.29) is 11.9 Å². The van der Waals surface area contributed by atoms with Crippen molar-refractivity contribution in [3.63, 3.8) is 0 Å². The molecular weight excluding hydrogens is 372 g/mol. The van der Waals surface area contributed by atoms with Gasteiger partial charge in [0, 0.05) is 49.0 Å². The zero-order chi connectivity index (χ0) is 19.5. The van der Waals surface area contributed by atoms with Gasteiger partial charge in [0.25, 0.3) is 5.91 Å². The van der Waals surface area contributed by atoms with Gasteiger partial charge in [-0.3, -0.25) is 14.7 Å². The number of aromatic nitrogens is 1. The molecule has 4 rings (SSSR count). The lowest BCUT2D eigenvalue weighted by molar-refractivity contribution is 0.0996. The molecule has 0 spiro atoms. The summed E-state index contributed by atoms with van der Waals surface area (Å²) in [5.41, 5.74) is 2.31. The highest BCUT2D eigenvalue weighted by Crippen LogP contribution is 2.39. The van der Waals surface area contributed by atoms with E-state index >= 15 is 0 Å². The molecule has 0 aliphatic carbocycles. The molecule has 1 amide bonds. The van der Waals surface area contributed by atoms with E-state index in [4.69, 9.17) is 4.42 Å². The van der Waals surface area contributed by atoms with Crippen molar-refractivity contribution in [1.82, 2.24) is 14.8 Å². The number of nitrogens with zero attached hydrogens (tertiary/aromatic N) is 3. The van der Waals surface area contributed by atoms with Crippen LogP contribution in [0.3, 0.4) is 0 Å². The van der Waals surface area contributed by atoms with Gasteiger partial charge in [0.1, 0.15) is 5.00 Å². The summed E-state index contributed by atoms with van der Waals surface area (Å²) in [6.07, 6.45) is 5.18. The molecule has 1 atom stereocenters. The lowest BCUT2D eigenvalue weighted by atomic mass is 9.98. The fourth-order valence-corrected chi connectivity index (χ4v) is 4.56. The van der Waals surface area contributed by atoms with Gasteiger partial charge in [-0.1, -0.05) is 0 Å². The average Bonchev–Trinajstić information content (AvgIpc) is 3.35. The molecule has 0 bridgehead atoms. The number of nitrogens with one attached hydrogen (secondary N) is 1. The Bertz CT molecular complexity index is 915. The second-order valence-corrected chi connectivity index (χ2v) is 8.35. The van der Waals surface area contributed by atoms with Crippen LogP contribution in [0.5, 0.6) is 0 Å². The number of furan rings is 1. The summed E-state index contributed by atoms with van der Waals surface area (Å²) < 4.78 is 5.26. The molecule has 3 aromatic heterocycles. The Kier molecular flexibility index (Phi) is 5.57. The smallest absolute Gasteiger partial charge is 0.291 e. The number of carbonyl (C=O) groups excluding carboxylic acids is 1. The number of thiophene rings is 1. The molecule has 3 aromatic rings. The van der Waals surface area contributed by atoms with Crippen LogP contribution in [0.25, 0.3) is 0 Å². The van der Waals surface area contributed by atoms with Gasteiger partial charge in [0.05, 0.1) is 12.3 Å². The first kappa shape index (κ1) is 18.9. The zero-order valence-corrected chi connectivity index (χ0v) is 16.9. The summed E-state index contributed by atoms with van der Waals surface area (Å²) in [4.78, 5) is 22.8. The third-order valence-corrected chi connectivity index (χ3v) is 6.06. The molecule has 0 saturated carbocycles. The standard InChI is InChI=1S/C21H24N4O2S/c1-15-14-17(21(28-15)23-20(26)18-4-3-13-27-18)19(16-5-7-22-8-6-16)25-11-9-24(2)10-12-25/h3-8,13-14,19H,9-12H2,1-2H3,(H,23,26). The Morgan fingerprint density at radius 2 is 1.96 bits per heavy atom. The fourth-order valence-electron chi connectivity index (χ4n) is 3.62. The number of aryl methyl sites for hydroxylation is 1. The molecule has 6 nitrogen and oxygen atoms in total. The molecule has 7 heteroatoms. The maximum atomic E-state index is 12.6. The molecule has 0 radical (unpaired) electrons. The van der Waals surface area contributed by atoms with Crippen LogP contribution in [0.1, 0.15) is 32.6 Å². The van der Waals surface area contributed by atoms with E-state index in [2.05, 4.69) is 52.3 Å².